The van der Waals surface area contributed by atoms with Gasteiger partial charge in [-0.1, -0.05) is 15.9 Å². The number of aliphatic carboxylic acids is 1. The van der Waals surface area contributed by atoms with E-state index in [1.807, 2.05) is 0 Å². The molecule has 0 unspecified atom stereocenters. The van der Waals surface area contributed by atoms with Crippen molar-refractivity contribution in [2.24, 2.45) is 0 Å². The first-order valence-corrected chi connectivity index (χ1v) is 5.52. The maximum Gasteiger partial charge on any atom is 0.317 e. The number of benzene rings is 1. The quantitative estimate of drug-likeness (QED) is 0.663. The molecule has 0 aliphatic rings. The molecule has 0 atom stereocenters. The van der Waals surface area contributed by atoms with E-state index in [0.29, 0.717) is 10.0 Å². The maximum absolute atomic E-state index is 10.8. The fourth-order valence-corrected chi connectivity index (χ4v) is 1.77. The fourth-order valence-electron chi connectivity index (χ4n) is 1.42. The molecule has 1 rings (SSSR count). The van der Waals surface area contributed by atoms with Crippen molar-refractivity contribution in [3.63, 3.8) is 0 Å². The van der Waals surface area contributed by atoms with Crippen molar-refractivity contribution in [2.45, 2.75) is 6.54 Å². The van der Waals surface area contributed by atoms with Crippen LogP contribution in [0.15, 0.2) is 22.7 Å². The molecule has 0 spiro atoms. The van der Waals surface area contributed by atoms with Crippen LogP contribution in [0.4, 0.5) is 5.69 Å². The highest BCUT2D eigenvalue weighted by atomic mass is 79.9. The number of rotatable bonds is 5. The van der Waals surface area contributed by atoms with Gasteiger partial charge in [0.2, 0.25) is 0 Å². The second-order valence-electron chi connectivity index (χ2n) is 3.60. The Labute approximate surface area is 106 Å². The molecule has 17 heavy (non-hydrogen) atoms. The van der Waals surface area contributed by atoms with Gasteiger partial charge in [0, 0.05) is 22.6 Å². The zero-order chi connectivity index (χ0) is 13.0. The SMILES string of the molecule is CN(CC(=O)O)Cc1ccc(Br)cc1[N+](=O)[O-]. The summed E-state index contributed by atoms with van der Waals surface area (Å²) in [6.45, 7) is 0.0586. The maximum atomic E-state index is 10.8. The number of nitrogens with zero attached hydrogens (tertiary/aromatic N) is 2. The molecule has 6 nitrogen and oxygen atoms in total. The van der Waals surface area contributed by atoms with Crippen LogP contribution in [0.1, 0.15) is 5.56 Å². The molecule has 0 radical (unpaired) electrons. The van der Waals surface area contributed by atoms with Gasteiger partial charge in [0.15, 0.2) is 0 Å². The van der Waals surface area contributed by atoms with Crippen LogP contribution in [0.3, 0.4) is 0 Å². The number of carboxylic acids is 1. The van der Waals surface area contributed by atoms with Crippen LogP contribution in [0.25, 0.3) is 0 Å². The van der Waals surface area contributed by atoms with Crippen molar-refractivity contribution in [1.82, 2.24) is 4.90 Å². The van der Waals surface area contributed by atoms with Crippen molar-refractivity contribution in [1.29, 1.82) is 0 Å². The summed E-state index contributed by atoms with van der Waals surface area (Å²) in [5, 5.41) is 19.4. The second kappa shape index (κ2) is 5.74. The molecule has 0 amide bonds. The van der Waals surface area contributed by atoms with E-state index < -0.39 is 10.9 Å². The van der Waals surface area contributed by atoms with E-state index in [9.17, 15) is 14.9 Å². The second-order valence-corrected chi connectivity index (χ2v) is 4.51. The number of likely N-dealkylation sites (N-methyl/N-ethyl adjacent to an activating group) is 1. The van der Waals surface area contributed by atoms with Gasteiger partial charge < -0.3 is 5.11 Å². The Hall–Kier alpha value is -1.47. The fraction of sp³-hybridized carbons (Fsp3) is 0.300. The molecule has 92 valence electrons. The number of nitro benzene ring substituents is 1. The van der Waals surface area contributed by atoms with E-state index in [2.05, 4.69) is 15.9 Å². The van der Waals surface area contributed by atoms with Gasteiger partial charge in [0.1, 0.15) is 0 Å². The van der Waals surface area contributed by atoms with E-state index >= 15 is 0 Å². The average molecular weight is 303 g/mol. The Bertz CT molecular complexity index is 450. The molecule has 1 N–H and O–H groups in total. The summed E-state index contributed by atoms with van der Waals surface area (Å²) in [6, 6.07) is 4.71. The zero-order valence-corrected chi connectivity index (χ0v) is 10.7. The lowest BCUT2D eigenvalue weighted by atomic mass is 10.1. The number of carbonyl (C=O) groups is 1. The normalized spacial score (nSPS) is 10.5. The summed E-state index contributed by atoms with van der Waals surface area (Å²) in [4.78, 5) is 22.3. The van der Waals surface area contributed by atoms with Crippen LogP contribution < -0.4 is 0 Å². The molecule has 1 aromatic rings. The Morgan fingerprint density at radius 3 is 2.76 bits per heavy atom. The standard InChI is InChI=1S/C10H11BrN2O4/c1-12(6-10(14)15)5-7-2-3-8(11)4-9(7)13(16)17/h2-4H,5-6H2,1H3,(H,14,15). The Morgan fingerprint density at radius 2 is 2.24 bits per heavy atom. The van der Waals surface area contributed by atoms with Crippen LogP contribution in [0.2, 0.25) is 0 Å². The molecule has 0 fully saturated rings. The molecule has 0 saturated carbocycles. The van der Waals surface area contributed by atoms with Gasteiger partial charge in [-0.3, -0.25) is 19.8 Å². The minimum Gasteiger partial charge on any atom is -0.480 e. The van der Waals surface area contributed by atoms with E-state index in [-0.39, 0.29) is 18.8 Å². The molecule has 0 bridgehead atoms. The van der Waals surface area contributed by atoms with Gasteiger partial charge in [0.05, 0.1) is 11.5 Å². The first-order valence-electron chi connectivity index (χ1n) is 4.73. The van der Waals surface area contributed by atoms with Crippen molar-refractivity contribution in [3.8, 4) is 0 Å². The monoisotopic (exact) mass is 302 g/mol. The highest BCUT2D eigenvalue weighted by Crippen LogP contribution is 2.24. The minimum atomic E-state index is -0.965. The molecule has 0 heterocycles. The van der Waals surface area contributed by atoms with Crippen LogP contribution in [0, 0.1) is 10.1 Å². The first-order chi connectivity index (χ1) is 7.90. The first kappa shape index (κ1) is 13.6. The highest BCUT2D eigenvalue weighted by molar-refractivity contribution is 9.10. The molecular formula is C10H11BrN2O4. The molecule has 0 aliphatic carbocycles. The summed E-state index contributed by atoms with van der Waals surface area (Å²) in [6.07, 6.45) is 0. The highest BCUT2D eigenvalue weighted by Gasteiger charge is 2.16. The summed E-state index contributed by atoms with van der Waals surface area (Å²) >= 11 is 3.16. The number of hydrogen-bond acceptors (Lipinski definition) is 4. The van der Waals surface area contributed by atoms with Crippen LogP contribution in [-0.4, -0.2) is 34.5 Å². The largest absolute Gasteiger partial charge is 0.480 e. The van der Waals surface area contributed by atoms with Gasteiger partial charge in [-0.05, 0) is 19.2 Å². The Kier molecular flexibility index (Phi) is 4.59. The molecular weight excluding hydrogens is 292 g/mol. The summed E-state index contributed by atoms with van der Waals surface area (Å²) < 4.78 is 0.619. The lowest BCUT2D eigenvalue weighted by Crippen LogP contribution is -2.25. The molecule has 0 saturated heterocycles. The summed E-state index contributed by atoms with van der Waals surface area (Å²) in [5.74, 6) is -0.965. The van der Waals surface area contributed by atoms with Crippen molar-refractivity contribution >= 4 is 27.6 Å². The number of halogens is 1. The van der Waals surface area contributed by atoms with Crippen LogP contribution >= 0.6 is 15.9 Å². The number of carboxylic acid groups (broad SMARTS) is 1. The third-order valence-electron chi connectivity index (χ3n) is 2.09. The van der Waals surface area contributed by atoms with Crippen molar-refractivity contribution in [2.75, 3.05) is 13.6 Å². The zero-order valence-electron chi connectivity index (χ0n) is 9.09. The minimum absolute atomic E-state index is 0.0170. The number of nitro groups is 1. The Balaban J connectivity index is 2.90. The van der Waals surface area contributed by atoms with Gasteiger partial charge in [0.25, 0.3) is 5.69 Å². The average Bonchev–Trinajstić information content (AvgIpc) is 2.19. The third kappa shape index (κ3) is 4.12. The number of hydrogen-bond donors (Lipinski definition) is 1. The smallest absolute Gasteiger partial charge is 0.317 e. The van der Waals surface area contributed by atoms with Gasteiger partial charge in [-0.2, -0.15) is 0 Å². The molecule has 7 heteroatoms. The summed E-state index contributed by atoms with van der Waals surface area (Å²) in [5.41, 5.74) is 0.471. The predicted molar refractivity (Wildman–Crippen MR) is 64.8 cm³/mol. The molecule has 0 aromatic heterocycles. The lowest BCUT2D eigenvalue weighted by molar-refractivity contribution is -0.385. The lowest BCUT2D eigenvalue weighted by Gasteiger charge is -2.13. The van der Waals surface area contributed by atoms with E-state index in [1.54, 1.807) is 19.2 Å². The predicted octanol–water partition coefficient (Wildman–Crippen LogP) is 1.87. The Morgan fingerprint density at radius 1 is 1.59 bits per heavy atom. The van der Waals surface area contributed by atoms with Crippen LogP contribution in [0.5, 0.6) is 0 Å². The topological polar surface area (TPSA) is 83.7 Å². The molecule has 0 aliphatic heterocycles. The van der Waals surface area contributed by atoms with Crippen LogP contribution in [-0.2, 0) is 11.3 Å². The van der Waals surface area contributed by atoms with E-state index in [0.717, 1.165) is 0 Å². The van der Waals surface area contributed by atoms with Crippen molar-refractivity contribution < 1.29 is 14.8 Å². The third-order valence-corrected chi connectivity index (χ3v) is 2.58. The molecule has 1 aromatic carbocycles. The van der Waals surface area contributed by atoms with Crippen molar-refractivity contribution in [3.05, 3.63) is 38.3 Å². The summed E-state index contributed by atoms with van der Waals surface area (Å²) in [7, 11) is 1.60. The van der Waals surface area contributed by atoms with Gasteiger partial charge in [-0.15, -0.1) is 0 Å². The van der Waals surface area contributed by atoms with E-state index in [4.69, 9.17) is 5.11 Å². The van der Waals surface area contributed by atoms with E-state index in [1.165, 1.54) is 11.0 Å². The van der Waals surface area contributed by atoms with Gasteiger partial charge in [-0.25, -0.2) is 0 Å². The van der Waals surface area contributed by atoms with Gasteiger partial charge >= 0.3 is 5.97 Å².